The van der Waals surface area contributed by atoms with Gasteiger partial charge in [-0.05, 0) is 22.8 Å². The number of aromatic nitrogens is 1. The highest BCUT2D eigenvalue weighted by molar-refractivity contribution is 6.29. The number of rotatable bonds is 4. The molecule has 2 rings (SSSR count). The minimum absolute atomic E-state index is 0.306. The van der Waals surface area contributed by atoms with E-state index in [-0.39, 0.29) is 0 Å². The standard InChI is InChI=1S/C15H13ClN2O2/c16-14-8-7-13(9-17-14)6-3-11-1-4-12(5-2-11)10-18-15(19)20/h1-9,18H,10H2,(H,19,20)/b6-3+. The maximum absolute atomic E-state index is 10.4. The van der Waals surface area contributed by atoms with E-state index in [0.29, 0.717) is 11.7 Å². The van der Waals surface area contributed by atoms with E-state index >= 15 is 0 Å². The molecule has 0 aliphatic rings. The van der Waals surface area contributed by atoms with E-state index in [4.69, 9.17) is 16.7 Å². The molecule has 1 amide bonds. The van der Waals surface area contributed by atoms with E-state index in [9.17, 15) is 4.79 Å². The molecule has 0 saturated carbocycles. The Hall–Kier alpha value is -2.33. The fourth-order valence-electron chi connectivity index (χ4n) is 1.60. The molecule has 0 aliphatic carbocycles. The zero-order valence-corrected chi connectivity index (χ0v) is 11.3. The lowest BCUT2D eigenvalue weighted by Gasteiger charge is -2.01. The number of carbonyl (C=O) groups is 1. The summed E-state index contributed by atoms with van der Waals surface area (Å²) in [6.45, 7) is 0.306. The fraction of sp³-hybridized carbons (Fsp3) is 0.0667. The van der Waals surface area contributed by atoms with Gasteiger partial charge in [0.2, 0.25) is 0 Å². The molecule has 2 aromatic rings. The van der Waals surface area contributed by atoms with Crippen LogP contribution in [0.15, 0.2) is 42.6 Å². The fourth-order valence-corrected chi connectivity index (χ4v) is 1.71. The van der Waals surface area contributed by atoms with Crippen molar-refractivity contribution in [3.63, 3.8) is 0 Å². The van der Waals surface area contributed by atoms with E-state index in [1.165, 1.54) is 0 Å². The van der Waals surface area contributed by atoms with Gasteiger partial charge in [0.1, 0.15) is 5.15 Å². The molecule has 20 heavy (non-hydrogen) atoms. The number of hydrogen-bond donors (Lipinski definition) is 2. The first-order valence-corrected chi connectivity index (χ1v) is 6.36. The van der Waals surface area contributed by atoms with Gasteiger partial charge >= 0.3 is 6.09 Å². The van der Waals surface area contributed by atoms with Crippen LogP contribution in [0.3, 0.4) is 0 Å². The molecule has 0 fully saturated rings. The second-order valence-corrected chi connectivity index (χ2v) is 4.54. The molecule has 1 aromatic heterocycles. The highest BCUT2D eigenvalue weighted by Gasteiger charge is 1.96. The highest BCUT2D eigenvalue weighted by atomic mass is 35.5. The maximum Gasteiger partial charge on any atom is 0.404 e. The molecule has 1 heterocycles. The number of benzene rings is 1. The van der Waals surface area contributed by atoms with E-state index in [1.54, 1.807) is 12.3 Å². The van der Waals surface area contributed by atoms with Crippen molar-refractivity contribution in [2.24, 2.45) is 0 Å². The van der Waals surface area contributed by atoms with Crippen LogP contribution < -0.4 is 5.32 Å². The van der Waals surface area contributed by atoms with Gasteiger partial charge in [-0.15, -0.1) is 0 Å². The number of nitrogens with zero attached hydrogens (tertiary/aromatic N) is 1. The van der Waals surface area contributed by atoms with Crippen LogP contribution in [0.2, 0.25) is 5.15 Å². The number of nitrogens with one attached hydrogen (secondary N) is 1. The van der Waals surface area contributed by atoms with Crippen LogP contribution >= 0.6 is 11.6 Å². The molecular weight excluding hydrogens is 276 g/mol. The smallest absolute Gasteiger partial charge is 0.404 e. The largest absolute Gasteiger partial charge is 0.465 e. The van der Waals surface area contributed by atoms with Crippen molar-refractivity contribution in [3.05, 3.63) is 64.4 Å². The summed E-state index contributed by atoms with van der Waals surface area (Å²) in [6.07, 6.45) is 4.57. The number of amides is 1. The predicted octanol–water partition coefficient (Wildman–Crippen LogP) is 3.67. The van der Waals surface area contributed by atoms with Crippen LogP contribution in [0.4, 0.5) is 4.79 Å². The summed E-state index contributed by atoms with van der Waals surface area (Å²) < 4.78 is 0. The second-order valence-electron chi connectivity index (χ2n) is 4.15. The maximum atomic E-state index is 10.4. The first-order valence-electron chi connectivity index (χ1n) is 5.99. The van der Waals surface area contributed by atoms with E-state index in [2.05, 4.69) is 10.3 Å². The zero-order chi connectivity index (χ0) is 14.4. The Morgan fingerprint density at radius 1 is 1.15 bits per heavy atom. The Morgan fingerprint density at radius 3 is 2.40 bits per heavy atom. The van der Waals surface area contributed by atoms with Crippen molar-refractivity contribution in [3.8, 4) is 0 Å². The monoisotopic (exact) mass is 288 g/mol. The third-order valence-corrected chi connectivity index (χ3v) is 2.87. The van der Waals surface area contributed by atoms with E-state index in [0.717, 1.165) is 16.7 Å². The summed E-state index contributed by atoms with van der Waals surface area (Å²) in [7, 11) is 0. The van der Waals surface area contributed by atoms with Crippen molar-refractivity contribution >= 4 is 29.8 Å². The lowest BCUT2D eigenvalue weighted by molar-refractivity contribution is 0.194. The predicted molar refractivity (Wildman–Crippen MR) is 79.5 cm³/mol. The molecule has 0 saturated heterocycles. The molecular formula is C15H13ClN2O2. The Labute approximate surface area is 121 Å². The van der Waals surface area contributed by atoms with Crippen molar-refractivity contribution in [1.29, 1.82) is 0 Å². The Balaban J connectivity index is 1.99. The van der Waals surface area contributed by atoms with Gasteiger partial charge in [0.05, 0.1) is 0 Å². The third-order valence-electron chi connectivity index (χ3n) is 2.64. The van der Waals surface area contributed by atoms with Gasteiger partial charge in [0.15, 0.2) is 0 Å². The topological polar surface area (TPSA) is 62.2 Å². The average molecular weight is 289 g/mol. The molecule has 1 aromatic carbocycles. The van der Waals surface area contributed by atoms with Crippen molar-refractivity contribution < 1.29 is 9.90 Å². The first-order chi connectivity index (χ1) is 9.63. The molecule has 4 nitrogen and oxygen atoms in total. The molecule has 0 radical (unpaired) electrons. The molecule has 102 valence electrons. The minimum Gasteiger partial charge on any atom is -0.465 e. The summed E-state index contributed by atoms with van der Waals surface area (Å²) in [4.78, 5) is 14.4. The van der Waals surface area contributed by atoms with Crippen LogP contribution in [0.25, 0.3) is 12.2 Å². The van der Waals surface area contributed by atoms with Crippen LogP contribution in [0, 0.1) is 0 Å². The van der Waals surface area contributed by atoms with Crippen molar-refractivity contribution in [2.75, 3.05) is 0 Å². The quantitative estimate of drug-likeness (QED) is 0.844. The number of carboxylic acid groups (broad SMARTS) is 1. The second kappa shape index (κ2) is 6.73. The van der Waals surface area contributed by atoms with Crippen molar-refractivity contribution in [1.82, 2.24) is 10.3 Å². The van der Waals surface area contributed by atoms with Crippen LogP contribution in [-0.2, 0) is 6.54 Å². The first kappa shape index (κ1) is 14.1. The molecule has 0 atom stereocenters. The zero-order valence-electron chi connectivity index (χ0n) is 10.6. The molecule has 0 bridgehead atoms. The number of hydrogen-bond acceptors (Lipinski definition) is 2. The van der Waals surface area contributed by atoms with Gasteiger partial charge in [0.25, 0.3) is 0 Å². The van der Waals surface area contributed by atoms with Gasteiger partial charge in [-0.25, -0.2) is 9.78 Å². The Kier molecular flexibility index (Phi) is 4.74. The minimum atomic E-state index is -1.02. The van der Waals surface area contributed by atoms with Crippen LogP contribution in [0.1, 0.15) is 16.7 Å². The summed E-state index contributed by atoms with van der Waals surface area (Å²) >= 11 is 5.72. The number of pyridine rings is 1. The summed E-state index contributed by atoms with van der Waals surface area (Å²) in [5, 5.41) is 11.3. The van der Waals surface area contributed by atoms with Crippen LogP contribution in [0.5, 0.6) is 0 Å². The Morgan fingerprint density at radius 2 is 1.80 bits per heavy atom. The molecule has 0 spiro atoms. The van der Waals surface area contributed by atoms with Crippen molar-refractivity contribution in [2.45, 2.75) is 6.54 Å². The van der Waals surface area contributed by atoms with Gasteiger partial charge in [-0.3, -0.25) is 0 Å². The molecule has 2 N–H and O–H groups in total. The summed E-state index contributed by atoms with van der Waals surface area (Å²) in [5.41, 5.74) is 2.91. The molecule has 5 heteroatoms. The summed E-state index contributed by atoms with van der Waals surface area (Å²) in [6, 6.07) is 11.3. The molecule has 0 aliphatic heterocycles. The van der Waals surface area contributed by atoms with Gasteiger partial charge in [0, 0.05) is 12.7 Å². The average Bonchev–Trinajstić information content (AvgIpc) is 2.45. The Bertz CT molecular complexity index is 607. The number of halogens is 1. The lowest BCUT2D eigenvalue weighted by Crippen LogP contribution is -2.19. The van der Waals surface area contributed by atoms with Gasteiger partial charge < -0.3 is 10.4 Å². The lowest BCUT2D eigenvalue weighted by atomic mass is 10.1. The normalized spacial score (nSPS) is 10.7. The third kappa shape index (κ3) is 4.40. The van der Waals surface area contributed by atoms with Crippen LogP contribution in [-0.4, -0.2) is 16.2 Å². The SMILES string of the molecule is O=C(O)NCc1ccc(/C=C/c2ccc(Cl)nc2)cc1. The van der Waals surface area contributed by atoms with Gasteiger partial charge in [-0.2, -0.15) is 0 Å². The van der Waals surface area contributed by atoms with E-state index in [1.807, 2.05) is 42.5 Å². The van der Waals surface area contributed by atoms with Gasteiger partial charge in [-0.1, -0.05) is 54.1 Å². The highest BCUT2D eigenvalue weighted by Crippen LogP contribution is 2.11. The molecule has 0 unspecified atom stereocenters. The summed E-state index contributed by atoms with van der Waals surface area (Å²) in [5.74, 6) is 0. The van der Waals surface area contributed by atoms with E-state index < -0.39 is 6.09 Å².